The normalized spacial score (nSPS) is 10.9. The van der Waals surface area contributed by atoms with Gasteiger partial charge in [-0.1, -0.05) is 30.3 Å². The summed E-state index contributed by atoms with van der Waals surface area (Å²) in [4.78, 5) is 11.3. The van der Waals surface area contributed by atoms with Crippen molar-refractivity contribution >= 4 is 21.7 Å². The highest BCUT2D eigenvalue weighted by atomic mass is 32.2. The highest BCUT2D eigenvalue weighted by molar-refractivity contribution is 7.92. The molecular weight excluding hydrogens is 321 g/mol. The molecule has 0 spiro atoms. The lowest BCUT2D eigenvalue weighted by atomic mass is 10.2. The molecule has 5 nitrogen and oxygen atoms in total. The van der Waals surface area contributed by atoms with E-state index >= 15 is 0 Å². The maximum Gasteiger partial charge on any atom is 0.335 e. The SMILES string of the molecule is C=CC(=O)Oc1c(F)cccc1NS(=O)(=O)c1ccc(C)cc1. The first kappa shape index (κ1) is 16.7. The molecule has 0 saturated carbocycles. The largest absolute Gasteiger partial charge is 0.418 e. The van der Waals surface area contributed by atoms with E-state index in [4.69, 9.17) is 4.74 Å². The predicted octanol–water partition coefficient (Wildman–Crippen LogP) is 3.03. The van der Waals surface area contributed by atoms with E-state index in [1.54, 1.807) is 12.1 Å². The number of rotatable bonds is 5. The van der Waals surface area contributed by atoms with E-state index in [-0.39, 0.29) is 10.6 Å². The summed E-state index contributed by atoms with van der Waals surface area (Å²) < 4.78 is 45.5. The van der Waals surface area contributed by atoms with Gasteiger partial charge in [0.05, 0.1) is 10.6 Å². The third kappa shape index (κ3) is 3.95. The minimum absolute atomic E-state index is 0.00774. The summed E-state index contributed by atoms with van der Waals surface area (Å²) in [5.41, 5.74) is 0.719. The molecule has 2 aromatic rings. The average molecular weight is 335 g/mol. The van der Waals surface area contributed by atoms with Crippen LogP contribution in [0.25, 0.3) is 0 Å². The number of benzene rings is 2. The lowest BCUT2D eigenvalue weighted by Gasteiger charge is -2.12. The molecule has 2 aromatic carbocycles. The van der Waals surface area contributed by atoms with Crippen LogP contribution in [0, 0.1) is 12.7 Å². The van der Waals surface area contributed by atoms with Crippen molar-refractivity contribution in [1.82, 2.24) is 0 Å². The van der Waals surface area contributed by atoms with Gasteiger partial charge in [0.25, 0.3) is 10.0 Å². The lowest BCUT2D eigenvalue weighted by Crippen LogP contribution is -2.15. The zero-order valence-corrected chi connectivity index (χ0v) is 13.1. The van der Waals surface area contributed by atoms with Crippen LogP contribution >= 0.6 is 0 Å². The van der Waals surface area contributed by atoms with Crippen molar-refractivity contribution < 1.29 is 22.3 Å². The number of sulfonamides is 1. The predicted molar refractivity (Wildman–Crippen MR) is 84.2 cm³/mol. The van der Waals surface area contributed by atoms with E-state index in [1.807, 2.05) is 6.92 Å². The van der Waals surface area contributed by atoms with Crippen molar-refractivity contribution in [1.29, 1.82) is 0 Å². The third-order valence-electron chi connectivity index (χ3n) is 2.91. The van der Waals surface area contributed by atoms with Gasteiger partial charge in [-0.25, -0.2) is 17.6 Å². The molecule has 0 aliphatic rings. The molecule has 120 valence electrons. The minimum Gasteiger partial charge on any atom is -0.418 e. The molecule has 0 aromatic heterocycles. The van der Waals surface area contributed by atoms with Crippen molar-refractivity contribution in [3.63, 3.8) is 0 Å². The number of carbonyl (C=O) groups excluding carboxylic acids is 1. The van der Waals surface area contributed by atoms with Gasteiger partial charge in [-0.05, 0) is 31.2 Å². The second kappa shape index (κ2) is 6.62. The Morgan fingerprint density at radius 1 is 1.22 bits per heavy atom. The Hall–Kier alpha value is -2.67. The molecule has 23 heavy (non-hydrogen) atoms. The van der Waals surface area contributed by atoms with Gasteiger partial charge >= 0.3 is 5.97 Å². The molecule has 2 rings (SSSR count). The lowest BCUT2D eigenvalue weighted by molar-refractivity contribution is -0.129. The summed E-state index contributed by atoms with van der Waals surface area (Å²) in [7, 11) is -3.95. The Bertz CT molecular complexity index is 845. The molecule has 7 heteroatoms. The van der Waals surface area contributed by atoms with E-state index < -0.39 is 27.6 Å². The summed E-state index contributed by atoms with van der Waals surface area (Å²) >= 11 is 0. The maximum absolute atomic E-state index is 13.8. The van der Waals surface area contributed by atoms with E-state index in [0.29, 0.717) is 0 Å². The van der Waals surface area contributed by atoms with Gasteiger partial charge < -0.3 is 4.74 Å². The number of hydrogen-bond donors (Lipinski definition) is 1. The number of aryl methyl sites for hydroxylation is 1. The molecule has 0 amide bonds. The van der Waals surface area contributed by atoms with Gasteiger partial charge in [0, 0.05) is 6.08 Å². The molecule has 0 aliphatic carbocycles. The first-order valence-corrected chi connectivity index (χ1v) is 8.04. The average Bonchev–Trinajstić information content (AvgIpc) is 2.50. The highest BCUT2D eigenvalue weighted by Gasteiger charge is 2.19. The standard InChI is InChI=1S/C16H14FNO4S/c1-3-15(19)22-16-13(17)5-4-6-14(16)18-23(20,21)12-9-7-11(2)8-10-12/h3-10,18H,1H2,2H3. The summed E-state index contributed by atoms with van der Waals surface area (Å²) in [6.45, 7) is 5.03. The minimum atomic E-state index is -3.95. The van der Waals surface area contributed by atoms with Crippen LogP contribution in [0.1, 0.15) is 5.56 Å². The van der Waals surface area contributed by atoms with Gasteiger partial charge in [-0.2, -0.15) is 0 Å². The van der Waals surface area contributed by atoms with Crippen molar-refractivity contribution in [3.05, 3.63) is 66.5 Å². The molecule has 0 bridgehead atoms. The van der Waals surface area contributed by atoms with Gasteiger partial charge in [0.15, 0.2) is 11.6 Å². The Morgan fingerprint density at radius 3 is 2.48 bits per heavy atom. The molecule has 0 saturated heterocycles. The van der Waals surface area contributed by atoms with Gasteiger partial charge in [-0.3, -0.25) is 4.72 Å². The van der Waals surface area contributed by atoms with Crippen LogP contribution in [0.3, 0.4) is 0 Å². The number of halogens is 1. The number of carbonyl (C=O) groups is 1. The van der Waals surface area contributed by atoms with Crippen LogP contribution in [-0.2, 0) is 14.8 Å². The Morgan fingerprint density at radius 2 is 1.87 bits per heavy atom. The monoisotopic (exact) mass is 335 g/mol. The van der Waals surface area contributed by atoms with Crippen LogP contribution in [0.15, 0.2) is 60.0 Å². The third-order valence-corrected chi connectivity index (χ3v) is 4.29. The van der Waals surface area contributed by atoms with Gasteiger partial charge in [0.1, 0.15) is 0 Å². The van der Waals surface area contributed by atoms with E-state index in [9.17, 15) is 17.6 Å². The van der Waals surface area contributed by atoms with Gasteiger partial charge in [0.2, 0.25) is 0 Å². The molecule has 0 atom stereocenters. The molecular formula is C16H14FNO4S. The first-order valence-electron chi connectivity index (χ1n) is 6.56. The molecule has 0 aliphatic heterocycles. The van der Waals surface area contributed by atoms with Crippen molar-refractivity contribution in [2.24, 2.45) is 0 Å². The number of esters is 1. The summed E-state index contributed by atoms with van der Waals surface area (Å²) in [5, 5.41) is 0. The number of hydrogen-bond acceptors (Lipinski definition) is 4. The van der Waals surface area contributed by atoms with Crippen LogP contribution < -0.4 is 9.46 Å². The van der Waals surface area contributed by atoms with Crippen molar-refractivity contribution in [2.75, 3.05) is 4.72 Å². The zero-order chi connectivity index (χ0) is 17.0. The van der Waals surface area contributed by atoms with Crippen molar-refractivity contribution in [3.8, 4) is 5.75 Å². The van der Waals surface area contributed by atoms with Crippen LogP contribution in [0.5, 0.6) is 5.75 Å². The molecule has 0 unspecified atom stereocenters. The fourth-order valence-electron chi connectivity index (χ4n) is 1.76. The maximum atomic E-state index is 13.8. The summed E-state index contributed by atoms with van der Waals surface area (Å²) in [6, 6.07) is 9.76. The van der Waals surface area contributed by atoms with Gasteiger partial charge in [-0.15, -0.1) is 0 Å². The topological polar surface area (TPSA) is 72.5 Å². The zero-order valence-electron chi connectivity index (χ0n) is 12.2. The summed E-state index contributed by atoms with van der Waals surface area (Å²) in [6.07, 6.45) is 0.852. The second-order valence-electron chi connectivity index (χ2n) is 4.66. The molecule has 1 N–H and O–H groups in total. The van der Waals surface area contributed by atoms with Crippen LogP contribution in [-0.4, -0.2) is 14.4 Å². The Labute approximate surface area is 133 Å². The fourth-order valence-corrected chi connectivity index (χ4v) is 2.82. The quantitative estimate of drug-likeness (QED) is 0.518. The Kier molecular flexibility index (Phi) is 4.80. The number of para-hydroxylation sites is 1. The molecule has 0 radical (unpaired) electrons. The highest BCUT2D eigenvalue weighted by Crippen LogP contribution is 2.30. The van der Waals surface area contributed by atoms with Crippen LogP contribution in [0.2, 0.25) is 0 Å². The molecule has 0 fully saturated rings. The van der Waals surface area contributed by atoms with Crippen LogP contribution in [0.4, 0.5) is 10.1 Å². The molecule has 0 heterocycles. The summed E-state index contributed by atoms with van der Waals surface area (Å²) in [5.74, 6) is -2.27. The smallest absolute Gasteiger partial charge is 0.335 e. The van der Waals surface area contributed by atoms with E-state index in [2.05, 4.69) is 11.3 Å². The fraction of sp³-hybridized carbons (Fsp3) is 0.0625. The number of ether oxygens (including phenoxy) is 1. The van der Waals surface area contributed by atoms with E-state index in [1.165, 1.54) is 24.3 Å². The second-order valence-corrected chi connectivity index (χ2v) is 6.34. The Balaban J connectivity index is 2.39. The van der Waals surface area contributed by atoms with Crippen molar-refractivity contribution in [2.45, 2.75) is 11.8 Å². The first-order chi connectivity index (χ1) is 10.8. The number of anilines is 1. The number of nitrogens with one attached hydrogen (secondary N) is 1. The van der Waals surface area contributed by atoms with E-state index in [0.717, 1.165) is 17.7 Å².